The summed E-state index contributed by atoms with van der Waals surface area (Å²) in [6.07, 6.45) is 0.258. The van der Waals surface area contributed by atoms with Gasteiger partial charge < -0.3 is 20.7 Å². The van der Waals surface area contributed by atoms with Crippen LogP contribution in [0.4, 0.5) is 0 Å². The minimum absolute atomic E-state index is 0.0829. The van der Waals surface area contributed by atoms with Gasteiger partial charge in [0.05, 0.1) is 13.5 Å². The highest BCUT2D eigenvalue weighted by Crippen LogP contribution is 2.13. The van der Waals surface area contributed by atoms with Crippen LogP contribution in [-0.2, 0) is 16.0 Å². The number of hydrogen-bond donors (Lipinski definition) is 2. The summed E-state index contributed by atoms with van der Waals surface area (Å²) >= 11 is 0. The second-order valence-corrected chi connectivity index (χ2v) is 4.73. The van der Waals surface area contributed by atoms with Crippen molar-refractivity contribution in [1.29, 1.82) is 0 Å². The van der Waals surface area contributed by atoms with E-state index in [1.807, 2.05) is 24.3 Å². The molecule has 0 bridgehead atoms. The molecule has 1 atom stereocenters. The molecule has 0 aliphatic carbocycles. The van der Waals surface area contributed by atoms with Crippen molar-refractivity contribution >= 4 is 11.8 Å². The molecule has 1 heterocycles. The molecule has 1 aromatic carbocycles. The Hall–Kier alpha value is -2.08. The number of hydrogen-bond acceptors (Lipinski definition) is 4. The number of amides is 2. The predicted octanol–water partition coefficient (Wildman–Crippen LogP) is -0.477. The largest absolute Gasteiger partial charge is 0.497 e. The Kier molecular flexibility index (Phi) is 4.57. The fourth-order valence-electron chi connectivity index (χ4n) is 2.28. The number of nitrogens with one attached hydrogen (secondary N) is 1. The zero-order chi connectivity index (χ0) is 14.5. The van der Waals surface area contributed by atoms with Crippen molar-refractivity contribution in [1.82, 2.24) is 10.2 Å². The van der Waals surface area contributed by atoms with Crippen LogP contribution in [0.15, 0.2) is 24.3 Å². The summed E-state index contributed by atoms with van der Waals surface area (Å²) in [7, 11) is 1.60. The molecule has 6 nitrogen and oxygen atoms in total. The van der Waals surface area contributed by atoms with Crippen LogP contribution in [0, 0.1) is 0 Å². The molecule has 0 saturated carbocycles. The van der Waals surface area contributed by atoms with Crippen molar-refractivity contribution < 1.29 is 14.3 Å². The maximum Gasteiger partial charge on any atom is 0.241 e. The molecule has 1 saturated heterocycles. The van der Waals surface area contributed by atoms with E-state index in [9.17, 15) is 9.59 Å². The monoisotopic (exact) mass is 277 g/mol. The number of carbonyl (C=O) groups is 2. The van der Waals surface area contributed by atoms with E-state index in [0.29, 0.717) is 19.6 Å². The number of piperazine rings is 1. The summed E-state index contributed by atoms with van der Waals surface area (Å²) < 4.78 is 5.07. The molecule has 20 heavy (non-hydrogen) atoms. The zero-order valence-corrected chi connectivity index (χ0v) is 11.5. The molecular weight excluding hydrogens is 258 g/mol. The number of carbonyl (C=O) groups excluding carboxylic acids is 2. The van der Waals surface area contributed by atoms with Crippen LogP contribution in [-0.4, -0.2) is 49.5 Å². The van der Waals surface area contributed by atoms with Crippen LogP contribution in [0.1, 0.15) is 5.56 Å². The van der Waals surface area contributed by atoms with Gasteiger partial charge in [0.25, 0.3) is 0 Å². The quantitative estimate of drug-likeness (QED) is 0.779. The lowest BCUT2D eigenvalue weighted by Gasteiger charge is -2.34. The third kappa shape index (κ3) is 3.27. The molecule has 0 spiro atoms. The maximum absolute atomic E-state index is 12.3. The van der Waals surface area contributed by atoms with Gasteiger partial charge in [-0.05, 0) is 17.7 Å². The van der Waals surface area contributed by atoms with E-state index in [-0.39, 0.29) is 12.3 Å². The predicted molar refractivity (Wildman–Crippen MR) is 74.3 cm³/mol. The first-order valence-corrected chi connectivity index (χ1v) is 6.54. The van der Waals surface area contributed by atoms with E-state index in [4.69, 9.17) is 10.5 Å². The van der Waals surface area contributed by atoms with Crippen molar-refractivity contribution in [2.45, 2.75) is 12.5 Å². The van der Waals surface area contributed by atoms with Gasteiger partial charge in [-0.25, -0.2) is 0 Å². The smallest absolute Gasteiger partial charge is 0.241 e. The second kappa shape index (κ2) is 6.38. The van der Waals surface area contributed by atoms with Crippen molar-refractivity contribution in [3.8, 4) is 5.75 Å². The summed E-state index contributed by atoms with van der Waals surface area (Å²) in [6.45, 7) is 1.60. The molecule has 0 radical (unpaired) electrons. The van der Waals surface area contributed by atoms with Gasteiger partial charge >= 0.3 is 0 Å². The molecule has 1 fully saturated rings. The number of benzene rings is 1. The van der Waals surface area contributed by atoms with Crippen LogP contribution < -0.4 is 15.8 Å². The Bertz CT molecular complexity index is 487. The van der Waals surface area contributed by atoms with E-state index in [2.05, 4.69) is 5.32 Å². The fraction of sp³-hybridized carbons (Fsp3) is 0.429. The summed E-state index contributed by atoms with van der Waals surface area (Å²) in [5.41, 5.74) is 6.22. The van der Waals surface area contributed by atoms with E-state index in [1.165, 1.54) is 0 Å². The molecule has 1 unspecified atom stereocenters. The number of ether oxygens (including phenoxy) is 1. The fourth-order valence-corrected chi connectivity index (χ4v) is 2.28. The highest BCUT2D eigenvalue weighted by molar-refractivity contribution is 5.88. The molecule has 2 rings (SSSR count). The molecular formula is C14H19N3O3. The van der Waals surface area contributed by atoms with Gasteiger partial charge in [0.15, 0.2) is 0 Å². The van der Waals surface area contributed by atoms with Crippen molar-refractivity contribution in [2.24, 2.45) is 5.73 Å². The maximum atomic E-state index is 12.3. The molecule has 108 valence electrons. The average molecular weight is 277 g/mol. The minimum atomic E-state index is -0.561. The summed E-state index contributed by atoms with van der Waals surface area (Å²) in [4.78, 5) is 25.2. The number of rotatable bonds is 4. The highest BCUT2D eigenvalue weighted by Gasteiger charge is 2.30. The van der Waals surface area contributed by atoms with Crippen LogP contribution in [0.25, 0.3) is 0 Å². The van der Waals surface area contributed by atoms with Crippen LogP contribution in [0.5, 0.6) is 5.75 Å². The molecule has 2 amide bonds. The Balaban J connectivity index is 2.03. The van der Waals surface area contributed by atoms with Crippen molar-refractivity contribution in [3.63, 3.8) is 0 Å². The van der Waals surface area contributed by atoms with E-state index in [0.717, 1.165) is 11.3 Å². The van der Waals surface area contributed by atoms with Gasteiger partial charge in [-0.15, -0.1) is 0 Å². The Labute approximate surface area is 117 Å². The third-order valence-electron chi connectivity index (χ3n) is 3.41. The molecule has 1 aromatic rings. The molecule has 0 aromatic heterocycles. The van der Waals surface area contributed by atoms with Gasteiger partial charge in [0.1, 0.15) is 11.8 Å². The number of nitrogens with two attached hydrogens (primary N) is 1. The third-order valence-corrected chi connectivity index (χ3v) is 3.41. The summed E-state index contributed by atoms with van der Waals surface area (Å²) in [5, 5.41) is 3.07. The number of nitrogens with zero attached hydrogens (tertiary/aromatic N) is 1. The number of methoxy groups -OCH3 is 1. The average Bonchev–Trinajstić information content (AvgIpc) is 2.48. The summed E-state index contributed by atoms with van der Waals surface area (Å²) in [5.74, 6) is 0.194. The molecule has 1 aliphatic heterocycles. The normalized spacial score (nSPS) is 18.6. The van der Waals surface area contributed by atoms with Crippen LogP contribution in [0.3, 0.4) is 0 Å². The Morgan fingerprint density at radius 3 is 2.70 bits per heavy atom. The van der Waals surface area contributed by atoms with Crippen LogP contribution in [0.2, 0.25) is 0 Å². The standard InChI is InChI=1S/C14H19N3O3/c1-20-11-4-2-10(3-5-11)8-13(18)17-7-6-16-9-12(17)14(15)19/h2-5,12,16H,6-9H2,1H3,(H2,15,19). The van der Waals surface area contributed by atoms with Gasteiger partial charge in [-0.1, -0.05) is 12.1 Å². The molecule has 1 aliphatic rings. The van der Waals surface area contributed by atoms with E-state index >= 15 is 0 Å². The van der Waals surface area contributed by atoms with E-state index in [1.54, 1.807) is 12.0 Å². The van der Waals surface area contributed by atoms with Crippen LogP contribution >= 0.6 is 0 Å². The molecule has 6 heteroatoms. The first kappa shape index (κ1) is 14.3. The lowest BCUT2D eigenvalue weighted by Crippen LogP contribution is -2.59. The first-order chi connectivity index (χ1) is 9.61. The summed E-state index contributed by atoms with van der Waals surface area (Å²) in [6, 6.07) is 6.75. The zero-order valence-electron chi connectivity index (χ0n) is 11.5. The Morgan fingerprint density at radius 1 is 1.40 bits per heavy atom. The second-order valence-electron chi connectivity index (χ2n) is 4.73. The SMILES string of the molecule is COc1ccc(CC(=O)N2CCNCC2C(N)=O)cc1. The van der Waals surface area contributed by atoms with Crippen molar-refractivity contribution in [2.75, 3.05) is 26.7 Å². The van der Waals surface area contributed by atoms with Gasteiger partial charge in [0.2, 0.25) is 11.8 Å². The topological polar surface area (TPSA) is 84.7 Å². The number of primary amides is 1. The van der Waals surface area contributed by atoms with Crippen molar-refractivity contribution in [3.05, 3.63) is 29.8 Å². The Morgan fingerprint density at radius 2 is 2.10 bits per heavy atom. The molecule has 3 N–H and O–H groups in total. The van der Waals surface area contributed by atoms with Gasteiger partial charge in [-0.3, -0.25) is 9.59 Å². The lowest BCUT2D eigenvalue weighted by molar-refractivity contribution is -0.139. The lowest BCUT2D eigenvalue weighted by atomic mass is 10.1. The first-order valence-electron chi connectivity index (χ1n) is 6.54. The van der Waals surface area contributed by atoms with Gasteiger partial charge in [-0.2, -0.15) is 0 Å². The minimum Gasteiger partial charge on any atom is -0.497 e. The highest BCUT2D eigenvalue weighted by atomic mass is 16.5. The van der Waals surface area contributed by atoms with E-state index < -0.39 is 11.9 Å². The van der Waals surface area contributed by atoms with Gasteiger partial charge in [0, 0.05) is 19.6 Å².